The van der Waals surface area contributed by atoms with E-state index in [-0.39, 0.29) is 48.2 Å². The summed E-state index contributed by atoms with van der Waals surface area (Å²) in [5.74, 6) is -3.16. The van der Waals surface area contributed by atoms with Crippen molar-refractivity contribution in [1.82, 2.24) is 15.5 Å². The van der Waals surface area contributed by atoms with E-state index in [4.69, 9.17) is 0 Å². The van der Waals surface area contributed by atoms with E-state index >= 15 is 0 Å². The Labute approximate surface area is 194 Å². The number of carbonyl (C=O) groups excluding carboxylic acids is 4. The van der Waals surface area contributed by atoms with Gasteiger partial charge in [0.2, 0.25) is 11.8 Å². The van der Waals surface area contributed by atoms with Crippen molar-refractivity contribution in [2.45, 2.75) is 50.7 Å². The van der Waals surface area contributed by atoms with E-state index in [1.807, 2.05) is 0 Å². The average Bonchev–Trinajstić information content (AvgIpc) is 3.08. The molecule has 0 radical (unpaired) electrons. The Morgan fingerprint density at radius 1 is 1.06 bits per heavy atom. The van der Waals surface area contributed by atoms with Crippen LogP contribution in [0.25, 0.3) is 0 Å². The molecule has 2 aromatic rings. The Morgan fingerprint density at radius 2 is 1.79 bits per heavy atom. The number of amides is 4. The van der Waals surface area contributed by atoms with Crippen LogP contribution in [0.2, 0.25) is 0 Å². The number of hydrogen-bond acceptors (Lipinski definition) is 4. The second-order valence-corrected chi connectivity index (χ2v) is 9.05. The van der Waals surface area contributed by atoms with Gasteiger partial charge in [0, 0.05) is 29.7 Å². The van der Waals surface area contributed by atoms with Gasteiger partial charge >= 0.3 is 0 Å². The first-order valence-corrected chi connectivity index (χ1v) is 11.4. The fraction of sp³-hybridized carbons (Fsp3) is 0.360. The average molecular weight is 467 g/mol. The van der Waals surface area contributed by atoms with Gasteiger partial charge in [0.15, 0.2) is 0 Å². The Hall–Kier alpha value is -3.62. The number of rotatable bonds is 5. The second kappa shape index (κ2) is 8.62. The molecule has 2 atom stereocenters. The van der Waals surface area contributed by atoms with Crippen LogP contribution in [-0.4, -0.2) is 34.6 Å². The lowest BCUT2D eigenvalue weighted by molar-refractivity contribution is -0.136. The van der Waals surface area contributed by atoms with Gasteiger partial charge in [-0.15, -0.1) is 0 Å². The predicted molar refractivity (Wildman–Crippen MR) is 116 cm³/mol. The Kier molecular flexibility index (Phi) is 5.63. The van der Waals surface area contributed by atoms with Crippen LogP contribution in [-0.2, 0) is 16.1 Å². The van der Waals surface area contributed by atoms with Gasteiger partial charge in [0.1, 0.15) is 17.7 Å². The molecular formula is C25H23F2N3O4. The summed E-state index contributed by atoms with van der Waals surface area (Å²) in [5, 5.41) is 5.06. The number of nitrogens with one attached hydrogen (secondary N) is 2. The van der Waals surface area contributed by atoms with Gasteiger partial charge in [-0.25, -0.2) is 8.78 Å². The number of fused-ring (bicyclic) bond motifs is 1. The van der Waals surface area contributed by atoms with Crippen molar-refractivity contribution in [3.63, 3.8) is 0 Å². The van der Waals surface area contributed by atoms with Crippen LogP contribution in [0.5, 0.6) is 0 Å². The summed E-state index contributed by atoms with van der Waals surface area (Å²) in [6, 6.07) is 6.71. The lowest BCUT2D eigenvalue weighted by atomic mass is 9.76. The lowest BCUT2D eigenvalue weighted by Gasteiger charge is -2.35. The maximum Gasteiger partial charge on any atom is 0.255 e. The summed E-state index contributed by atoms with van der Waals surface area (Å²) < 4.78 is 29.0. The van der Waals surface area contributed by atoms with Gasteiger partial charge in [0.05, 0.1) is 6.04 Å². The molecule has 1 saturated heterocycles. The highest BCUT2D eigenvalue weighted by Crippen LogP contribution is 2.39. The zero-order chi connectivity index (χ0) is 24.0. The number of benzene rings is 2. The molecule has 4 amide bonds. The van der Waals surface area contributed by atoms with Gasteiger partial charge in [-0.05, 0) is 61.1 Å². The molecule has 0 aromatic heterocycles. The fourth-order valence-corrected chi connectivity index (χ4v) is 4.95. The molecule has 2 fully saturated rings. The first kappa shape index (κ1) is 22.2. The Morgan fingerprint density at radius 3 is 2.44 bits per heavy atom. The highest BCUT2D eigenvalue weighted by Gasteiger charge is 2.39. The van der Waals surface area contributed by atoms with Crippen LogP contribution in [0.3, 0.4) is 0 Å². The van der Waals surface area contributed by atoms with Gasteiger partial charge in [-0.2, -0.15) is 0 Å². The van der Waals surface area contributed by atoms with Crippen LogP contribution in [0, 0.1) is 17.6 Å². The molecule has 34 heavy (non-hydrogen) atoms. The monoisotopic (exact) mass is 467 g/mol. The minimum atomic E-state index is -0.794. The minimum absolute atomic E-state index is 0.0608. The number of piperidine rings is 1. The third-order valence-corrected chi connectivity index (χ3v) is 7.00. The number of carbonyl (C=O) groups is 4. The van der Waals surface area contributed by atoms with Gasteiger partial charge in [-0.1, -0.05) is 12.5 Å². The normalized spacial score (nSPS) is 21.1. The molecule has 9 heteroatoms. The molecule has 3 aliphatic rings. The molecule has 1 aliphatic carbocycles. The Bertz CT molecular complexity index is 1190. The smallest absolute Gasteiger partial charge is 0.255 e. The van der Waals surface area contributed by atoms with Crippen LogP contribution in [0.15, 0.2) is 36.4 Å². The van der Waals surface area contributed by atoms with Crippen molar-refractivity contribution in [1.29, 1.82) is 0 Å². The van der Waals surface area contributed by atoms with Crippen molar-refractivity contribution in [3.8, 4) is 0 Å². The van der Waals surface area contributed by atoms with E-state index in [2.05, 4.69) is 10.6 Å². The molecule has 7 nitrogen and oxygen atoms in total. The highest BCUT2D eigenvalue weighted by molar-refractivity contribution is 6.06. The lowest BCUT2D eigenvalue weighted by Crippen LogP contribution is -2.52. The molecule has 0 bridgehead atoms. The maximum atomic E-state index is 14.5. The molecule has 0 spiro atoms. The Balaban J connectivity index is 1.37. The van der Waals surface area contributed by atoms with Gasteiger partial charge in [0.25, 0.3) is 11.8 Å². The van der Waals surface area contributed by atoms with Crippen molar-refractivity contribution < 1.29 is 28.0 Å². The largest absolute Gasteiger partial charge is 0.345 e. The van der Waals surface area contributed by atoms with Gasteiger partial charge in [-0.3, -0.25) is 24.5 Å². The molecule has 2 heterocycles. The van der Waals surface area contributed by atoms with E-state index < -0.39 is 35.5 Å². The van der Waals surface area contributed by atoms with Crippen LogP contribution < -0.4 is 10.6 Å². The SMILES string of the molecule is O=C1CCC(N2Cc3cc(C(=O)N[C@H](c4c(F)cccc4F)C4CCC4)ccc3C2=O)C(=O)N1. The van der Waals surface area contributed by atoms with Crippen LogP contribution >= 0.6 is 0 Å². The van der Waals surface area contributed by atoms with Gasteiger partial charge < -0.3 is 10.2 Å². The van der Waals surface area contributed by atoms with E-state index in [1.165, 1.54) is 35.2 Å². The summed E-state index contributed by atoms with van der Waals surface area (Å²) in [6.07, 6.45) is 2.86. The quantitative estimate of drug-likeness (QED) is 0.661. The van der Waals surface area contributed by atoms with Crippen molar-refractivity contribution in [3.05, 3.63) is 70.3 Å². The zero-order valence-corrected chi connectivity index (χ0v) is 18.3. The predicted octanol–water partition coefficient (Wildman–Crippen LogP) is 3.00. The zero-order valence-electron chi connectivity index (χ0n) is 18.3. The first-order chi connectivity index (χ1) is 16.3. The molecular weight excluding hydrogens is 444 g/mol. The summed E-state index contributed by atoms with van der Waals surface area (Å²) in [5.41, 5.74) is 1.09. The maximum absolute atomic E-state index is 14.5. The topological polar surface area (TPSA) is 95.6 Å². The third-order valence-electron chi connectivity index (χ3n) is 7.00. The standard InChI is InChI=1S/C25H23F2N3O4/c26-17-5-2-6-18(27)21(17)22(13-3-1-4-13)29-23(32)14-7-8-16-15(11-14)12-30(25(16)34)19-9-10-20(31)28-24(19)33/h2,5-8,11,13,19,22H,1,3-4,9-10,12H2,(H,29,32)(H,28,31,33)/t19?,22-/m0/s1. The van der Waals surface area contributed by atoms with Crippen LogP contribution in [0.4, 0.5) is 8.78 Å². The van der Waals surface area contributed by atoms with E-state index in [9.17, 15) is 28.0 Å². The number of nitrogens with zero attached hydrogens (tertiary/aromatic N) is 1. The molecule has 2 N–H and O–H groups in total. The molecule has 2 aromatic carbocycles. The minimum Gasteiger partial charge on any atom is -0.345 e. The molecule has 2 aliphatic heterocycles. The summed E-state index contributed by atoms with van der Waals surface area (Å²) in [7, 11) is 0. The van der Waals surface area contributed by atoms with Crippen molar-refractivity contribution in [2.24, 2.45) is 5.92 Å². The van der Waals surface area contributed by atoms with E-state index in [1.54, 1.807) is 6.07 Å². The highest BCUT2D eigenvalue weighted by atomic mass is 19.1. The van der Waals surface area contributed by atoms with E-state index in [0.29, 0.717) is 11.1 Å². The van der Waals surface area contributed by atoms with Crippen molar-refractivity contribution in [2.75, 3.05) is 0 Å². The number of imide groups is 1. The summed E-state index contributed by atoms with van der Waals surface area (Å²) >= 11 is 0. The molecule has 1 saturated carbocycles. The summed E-state index contributed by atoms with van der Waals surface area (Å²) in [6.45, 7) is 0.134. The third kappa shape index (κ3) is 3.85. The second-order valence-electron chi connectivity index (χ2n) is 9.05. The molecule has 1 unspecified atom stereocenters. The van der Waals surface area contributed by atoms with Crippen molar-refractivity contribution >= 4 is 23.6 Å². The molecule has 176 valence electrons. The number of hydrogen-bond donors (Lipinski definition) is 2. The fourth-order valence-electron chi connectivity index (χ4n) is 4.95. The first-order valence-electron chi connectivity index (χ1n) is 11.4. The molecule has 5 rings (SSSR count). The number of halogens is 2. The van der Waals surface area contributed by atoms with E-state index in [0.717, 1.165) is 19.3 Å². The van der Waals surface area contributed by atoms with Crippen LogP contribution in [0.1, 0.15) is 70.0 Å². The summed E-state index contributed by atoms with van der Waals surface area (Å²) in [4.78, 5) is 51.0.